The molecule has 2 aromatic rings. The third kappa shape index (κ3) is 4.09. The summed E-state index contributed by atoms with van der Waals surface area (Å²) < 4.78 is 0. The van der Waals surface area contributed by atoms with Gasteiger partial charge in [0.25, 0.3) is 17.4 Å². The number of benzene rings is 1. The van der Waals surface area contributed by atoms with Crippen molar-refractivity contribution in [2.45, 2.75) is 55.6 Å². The van der Waals surface area contributed by atoms with Gasteiger partial charge in [-0.1, -0.05) is 12.1 Å². The number of guanidine groups is 2. The first-order chi connectivity index (χ1) is 19.2. The highest BCUT2D eigenvalue weighted by molar-refractivity contribution is 5.97. The van der Waals surface area contributed by atoms with Crippen LogP contribution in [0.4, 0.5) is 0 Å². The molecule has 1 saturated heterocycles. The number of nitrogens with zero attached hydrogens (tertiary/aromatic N) is 3. The Morgan fingerprint density at radius 3 is 2.73 bits per heavy atom. The normalized spacial score (nSPS) is 28.4. The maximum Gasteiger partial charge on any atom is 0.326 e. The average molecular weight is 551 g/mol. The molecule has 3 unspecified atom stereocenters. The molecule has 0 saturated carbocycles. The molecule has 40 heavy (non-hydrogen) atoms. The molecule has 15 nitrogen and oxygen atoms in total. The van der Waals surface area contributed by atoms with Gasteiger partial charge in [-0.05, 0) is 42.9 Å². The highest BCUT2D eigenvalue weighted by Crippen LogP contribution is 2.40. The van der Waals surface area contributed by atoms with Crippen molar-refractivity contribution in [3.63, 3.8) is 0 Å². The highest BCUT2D eigenvalue weighted by Gasteiger charge is 2.65. The van der Waals surface area contributed by atoms with Crippen molar-refractivity contribution < 1.29 is 14.7 Å². The molecule has 1 spiro atoms. The number of nitrogens with one attached hydrogen (secondary N) is 5. The highest BCUT2D eigenvalue weighted by atomic mass is 16.3. The number of hydrogen-bond donors (Lipinski definition) is 8. The average Bonchev–Trinajstić information content (AvgIpc) is 3.42. The van der Waals surface area contributed by atoms with E-state index in [0.29, 0.717) is 5.56 Å². The zero-order chi connectivity index (χ0) is 28.2. The molecule has 1 fully saturated rings. The SMILES string of the molecule is NC1=NC2[C@H](CNC(=O)c3cc(=O)[nH]c(=O)[nH]3)N=C(N)N3CC(NC(=O)c4cccc5c4CCCC5)[C@@H](O)C23N1. The number of aromatic nitrogens is 2. The van der Waals surface area contributed by atoms with Crippen molar-refractivity contribution in [1.29, 1.82) is 0 Å². The Kier molecular flexibility index (Phi) is 6.09. The lowest BCUT2D eigenvalue weighted by Crippen LogP contribution is -2.73. The smallest absolute Gasteiger partial charge is 0.326 e. The lowest BCUT2D eigenvalue weighted by Gasteiger charge is -2.46. The van der Waals surface area contributed by atoms with Gasteiger partial charge in [-0.15, -0.1) is 0 Å². The summed E-state index contributed by atoms with van der Waals surface area (Å²) in [5, 5.41) is 20.3. The van der Waals surface area contributed by atoms with Gasteiger partial charge in [0.1, 0.15) is 17.8 Å². The fourth-order valence-corrected chi connectivity index (χ4v) is 6.33. The fraction of sp³-hybridized carbons (Fsp3) is 0.440. The molecule has 0 bridgehead atoms. The summed E-state index contributed by atoms with van der Waals surface area (Å²) in [6.07, 6.45) is 2.68. The van der Waals surface area contributed by atoms with Gasteiger partial charge in [-0.3, -0.25) is 19.4 Å². The quantitative estimate of drug-likeness (QED) is 0.187. The van der Waals surface area contributed by atoms with Crippen LogP contribution in [0, 0.1) is 0 Å². The van der Waals surface area contributed by atoms with Gasteiger partial charge < -0.3 is 42.4 Å². The van der Waals surface area contributed by atoms with Crippen LogP contribution in [0.2, 0.25) is 0 Å². The summed E-state index contributed by atoms with van der Waals surface area (Å²) in [6, 6.07) is 4.42. The lowest BCUT2D eigenvalue weighted by molar-refractivity contribution is 0.0144. The van der Waals surface area contributed by atoms with Crippen molar-refractivity contribution in [3.05, 3.63) is 67.5 Å². The number of nitrogens with two attached hydrogens (primary N) is 2. The Morgan fingerprint density at radius 1 is 1.12 bits per heavy atom. The van der Waals surface area contributed by atoms with Crippen molar-refractivity contribution in [3.8, 4) is 0 Å². The van der Waals surface area contributed by atoms with E-state index in [1.54, 1.807) is 11.0 Å². The second-order valence-corrected chi connectivity index (χ2v) is 10.5. The standard InChI is InChI=1S/C25H30N10O5/c26-22-33-18-15(9-28-21(39)14-8-17(36)32-24(40)31-14)30-23(27)35-10-16(19(37)25(18,35)34-22)29-20(38)13-7-3-5-11-4-1-2-6-12(11)13/h3,5,7-8,15-16,18-19,37H,1-2,4,6,9-10H2,(H2,27,30)(H,28,39)(H,29,38)(H3,26,33,34)(H2,31,32,36,40)/t15-,16?,18?,19+,25?/m0/s1. The third-order valence-corrected chi connectivity index (χ3v) is 8.09. The Bertz CT molecular complexity index is 1540. The van der Waals surface area contributed by atoms with Crippen LogP contribution in [0.5, 0.6) is 0 Å². The molecule has 1 aromatic carbocycles. The number of aliphatic hydroxyl groups is 1. The van der Waals surface area contributed by atoms with Gasteiger partial charge in [0.2, 0.25) is 0 Å². The summed E-state index contributed by atoms with van der Waals surface area (Å²) in [5.74, 6) is -0.864. The van der Waals surface area contributed by atoms with Gasteiger partial charge in [-0.2, -0.15) is 0 Å². The second-order valence-electron chi connectivity index (χ2n) is 10.5. The van der Waals surface area contributed by atoms with Crippen LogP contribution in [-0.4, -0.2) is 86.7 Å². The van der Waals surface area contributed by atoms with E-state index in [-0.39, 0.29) is 36.6 Å². The zero-order valence-corrected chi connectivity index (χ0v) is 21.4. The van der Waals surface area contributed by atoms with Crippen molar-refractivity contribution in [2.24, 2.45) is 21.5 Å². The van der Waals surface area contributed by atoms with E-state index in [1.165, 1.54) is 5.56 Å². The molecule has 1 aromatic heterocycles. The van der Waals surface area contributed by atoms with Crippen LogP contribution < -0.4 is 38.7 Å². The largest absolute Gasteiger partial charge is 0.386 e. The molecule has 0 radical (unpaired) electrons. The summed E-state index contributed by atoms with van der Waals surface area (Å²) in [4.78, 5) is 64.0. The van der Waals surface area contributed by atoms with Gasteiger partial charge in [0, 0.05) is 24.7 Å². The molecule has 10 N–H and O–H groups in total. The zero-order valence-electron chi connectivity index (χ0n) is 21.4. The second kappa shape index (κ2) is 9.51. The molecule has 2 amide bonds. The number of H-pyrrole nitrogens is 2. The van der Waals surface area contributed by atoms with Crippen LogP contribution in [0.15, 0.2) is 43.8 Å². The number of hydrogen-bond acceptors (Lipinski definition) is 11. The Morgan fingerprint density at radius 2 is 1.93 bits per heavy atom. The lowest BCUT2D eigenvalue weighted by atomic mass is 9.87. The molecular weight excluding hydrogens is 520 g/mol. The molecular formula is C25H30N10O5. The summed E-state index contributed by atoms with van der Waals surface area (Å²) in [7, 11) is 0. The fourth-order valence-electron chi connectivity index (χ4n) is 6.33. The Hall–Kier alpha value is -4.66. The van der Waals surface area contributed by atoms with Crippen LogP contribution in [-0.2, 0) is 12.8 Å². The number of rotatable bonds is 5. The van der Waals surface area contributed by atoms with Gasteiger partial charge >= 0.3 is 5.69 Å². The Labute approximate surface area is 227 Å². The monoisotopic (exact) mass is 550 g/mol. The van der Waals surface area contributed by atoms with Crippen LogP contribution in [0.25, 0.3) is 0 Å². The number of carbonyl (C=O) groups is 2. The van der Waals surface area contributed by atoms with E-state index >= 15 is 0 Å². The molecule has 1 aliphatic carbocycles. The minimum atomic E-state index is -1.31. The molecule has 5 atom stereocenters. The Balaban J connectivity index is 1.23. The molecule has 4 aliphatic rings. The number of fused-ring (bicyclic) bond motifs is 1. The third-order valence-electron chi connectivity index (χ3n) is 8.09. The topological polar surface area (TPSA) is 236 Å². The number of aliphatic imine (C=N–C) groups is 2. The molecule has 6 rings (SSSR count). The van der Waals surface area contributed by atoms with E-state index in [2.05, 4.69) is 30.9 Å². The van der Waals surface area contributed by atoms with Crippen LogP contribution in [0.3, 0.4) is 0 Å². The maximum absolute atomic E-state index is 13.4. The first-order valence-corrected chi connectivity index (χ1v) is 13.1. The maximum atomic E-state index is 13.4. The van der Waals surface area contributed by atoms with Crippen LogP contribution >= 0.6 is 0 Å². The van der Waals surface area contributed by atoms with Gasteiger partial charge in [0.05, 0.1) is 12.1 Å². The minimum Gasteiger partial charge on any atom is -0.386 e. The van der Waals surface area contributed by atoms with Gasteiger partial charge in [-0.25, -0.2) is 14.8 Å². The minimum absolute atomic E-state index is 0.0540. The number of amides is 2. The van der Waals surface area contributed by atoms with Gasteiger partial charge in [0.15, 0.2) is 17.6 Å². The van der Waals surface area contributed by atoms with Crippen LogP contribution in [0.1, 0.15) is 44.8 Å². The van der Waals surface area contributed by atoms with Crippen molar-refractivity contribution >= 4 is 23.7 Å². The molecule has 210 valence electrons. The van der Waals surface area contributed by atoms with E-state index in [4.69, 9.17) is 11.5 Å². The summed E-state index contributed by atoms with van der Waals surface area (Å²) >= 11 is 0. The van der Waals surface area contributed by atoms with E-state index in [1.807, 2.05) is 17.1 Å². The summed E-state index contributed by atoms with van der Waals surface area (Å²) in [5.41, 5.74) is 12.1. The van der Waals surface area contributed by atoms with E-state index < -0.39 is 47.0 Å². The first kappa shape index (κ1) is 25.6. The predicted molar refractivity (Wildman–Crippen MR) is 144 cm³/mol. The van der Waals surface area contributed by atoms with Crippen molar-refractivity contribution in [2.75, 3.05) is 13.1 Å². The summed E-state index contributed by atoms with van der Waals surface area (Å²) in [6.45, 7) is 0.0592. The molecule has 15 heteroatoms. The number of aromatic amines is 2. The first-order valence-electron chi connectivity index (χ1n) is 13.1. The van der Waals surface area contributed by atoms with E-state index in [9.17, 15) is 24.3 Å². The number of aliphatic hydroxyl groups excluding tert-OH is 1. The predicted octanol–water partition coefficient (Wildman–Crippen LogP) is -3.17. The molecule has 3 aliphatic heterocycles. The van der Waals surface area contributed by atoms with E-state index in [0.717, 1.165) is 37.3 Å². The van der Waals surface area contributed by atoms with Crippen molar-refractivity contribution in [1.82, 2.24) is 30.8 Å². The number of carbonyl (C=O) groups excluding carboxylic acids is 2. The number of aryl methyl sites for hydroxylation is 1. The molecule has 4 heterocycles.